The van der Waals surface area contributed by atoms with Crippen LogP contribution in [0.5, 0.6) is 0 Å². The number of β-amino-alcohol motifs (C(OH)–C–C–N with tert-alkyl or cyclic N) is 1. The van der Waals surface area contributed by atoms with Gasteiger partial charge in [-0.05, 0) is 62.5 Å². The fourth-order valence-corrected chi connectivity index (χ4v) is 7.63. The molecule has 2 aliphatic rings. The number of sulfonamides is 2. The molecule has 4 rings (SSSR count). The lowest BCUT2D eigenvalue weighted by Gasteiger charge is -2.33. The Bertz CT molecular complexity index is 1540. The second kappa shape index (κ2) is 14.4. The van der Waals surface area contributed by atoms with E-state index in [4.69, 9.17) is 5.10 Å². The third-order valence-corrected chi connectivity index (χ3v) is 10.3. The molecule has 45 heavy (non-hydrogen) atoms. The largest absolute Gasteiger partial charge is 0.416 e. The number of nitrogens with one attached hydrogen (secondary N) is 2. The van der Waals surface area contributed by atoms with E-state index in [1.807, 2.05) is 13.8 Å². The second-order valence-corrected chi connectivity index (χ2v) is 16.4. The van der Waals surface area contributed by atoms with Crippen molar-refractivity contribution in [1.82, 2.24) is 29.0 Å². The van der Waals surface area contributed by atoms with Crippen LogP contribution in [0.2, 0.25) is 0 Å². The lowest BCUT2D eigenvalue weighted by molar-refractivity contribution is -0.138. The molecule has 1 atom stereocenters. The molecule has 0 spiro atoms. The van der Waals surface area contributed by atoms with Crippen molar-refractivity contribution in [3.63, 3.8) is 0 Å². The summed E-state index contributed by atoms with van der Waals surface area (Å²) in [6.45, 7) is 6.59. The molecule has 1 unspecified atom stereocenters. The van der Waals surface area contributed by atoms with Crippen LogP contribution in [0.25, 0.3) is 11.3 Å². The maximum Gasteiger partial charge on any atom is 0.416 e. The number of nitrogens with zero attached hydrogens (tertiary/aromatic N) is 4. The molecule has 0 amide bonds. The molecule has 0 aliphatic carbocycles. The standard InChI is InChI=1S/C29H45F3N6O5S2/c1-20(2)7-11-33-16-22-15-21(5-6-26(22)29(30,31)32)28-25-19-37(45(4,42)43)14-10-27(25)38(34-28)18-24(39)17-36-12-8-23(9-13-36)35-44(3,40)41/h5-6,15,20,23-24,33,35,39H,7-14,16-19H2,1-4H3. The SMILES string of the molecule is CC(C)CCNCc1cc(-c2nn(CC(O)CN3CCC(NS(C)(=O)=O)CC3)c3c2CN(S(C)(=O)=O)CC3)ccc1C(F)(F)F. The topological polar surface area (TPSA) is 137 Å². The molecule has 3 N–H and O–H groups in total. The number of halogens is 3. The van der Waals surface area contributed by atoms with Crippen LogP contribution in [0.15, 0.2) is 18.2 Å². The van der Waals surface area contributed by atoms with Gasteiger partial charge in [0.05, 0.1) is 36.4 Å². The highest BCUT2D eigenvalue weighted by atomic mass is 32.2. The Morgan fingerprint density at radius 3 is 2.36 bits per heavy atom. The summed E-state index contributed by atoms with van der Waals surface area (Å²) in [4.78, 5) is 2.06. The summed E-state index contributed by atoms with van der Waals surface area (Å²) < 4.78 is 95.4. The zero-order valence-electron chi connectivity index (χ0n) is 26.3. The smallest absolute Gasteiger partial charge is 0.390 e. The molecule has 254 valence electrons. The summed E-state index contributed by atoms with van der Waals surface area (Å²) in [6.07, 6.45) is -0.725. The second-order valence-electron chi connectivity index (χ2n) is 12.7. The number of aliphatic hydroxyl groups excluding tert-OH is 1. The van der Waals surface area contributed by atoms with Crippen molar-refractivity contribution in [2.75, 3.05) is 45.2 Å². The average molecular weight is 679 g/mol. The van der Waals surface area contributed by atoms with Crippen molar-refractivity contribution in [2.24, 2.45) is 5.92 Å². The van der Waals surface area contributed by atoms with Gasteiger partial charge in [0.2, 0.25) is 20.0 Å². The van der Waals surface area contributed by atoms with Gasteiger partial charge in [0.15, 0.2) is 0 Å². The first-order chi connectivity index (χ1) is 20.9. The van der Waals surface area contributed by atoms with Gasteiger partial charge in [-0.1, -0.05) is 19.9 Å². The summed E-state index contributed by atoms with van der Waals surface area (Å²) in [7, 11) is -6.83. The van der Waals surface area contributed by atoms with Crippen LogP contribution in [-0.4, -0.2) is 98.3 Å². The highest BCUT2D eigenvalue weighted by Crippen LogP contribution is 2.37. The van der Waals surface area contributed by atoms with Crippen LogP contribution < -0.4 is 10.0 Å². The minimum Gasteiger partial charge on any atom is -0.390 e. The number of aromatic nitrogens is 2. The highest BCUT2D eigenvalue weighted by molar-refractivity contribution is 7.88. The van der Waals surface area contributed by atoms with E-state index in [0.717, 1.165) is 30.7 Å². The van der Waals surface area contributed by atoms with Gasteiger partial charge >= 0.3 is 6.18 Å². The number of benzene rings is 1. The summed E-state index contributed by atoms with van der Waals surface area (Å²) in [5.41, 5.74) is 1.55. The van der Waals surface area contributed by atoms with Gasteiger partial charge in [-0.2, -0.15) is 22.6 Å². The molecule has 2 aromatic rings. The summed E-state index contributed by atoms with van der Waals surface area (Å²) in [6, 6.07) is 3.75. The minimum atomic E-state index is -4.54. The van der Waals surface area contributed by atoms with Crippen LogP contribution in [0, 0.1) is 5.92 Å². The zero-order valence-corrected chi connectivity index (χ0v) is 27.9. The predicted octanol–water partition coefficient (Wildman–Crippen LogP) is 2.40. The van der Waals surface area contributed by atoms with Crippen molar-refractivity contribution in [3.05, 3.63) is 40.6 Å². The molecule has 0 bridgehead atoms. The van der Waals surface area contributed by atoms with Crippen LogP contribution in [0.4, 0.5) is 13.2 Å². The van der Waals surface area contributed by atoms with Crippen LogP contribution in [0.1, 0.15) is 55.5 Å². The molecule has 1 aromatic heterocycles. The van der Waals surface area contributed by atoms with E-state index in [2.05, 4.69) is 14.9 Å². The Balaban J connectivity index is 1.59. The number of hydrogen-bond acceptors (Lipinski definition) is 8. The van der Waals surface area contributed by atoms with E-state index in [-0.39, 0.29) is 37.8 Å². The molecule has 16 heteroatoms. The van der Waals surface area contributed by atoms with E-state index in [1.165, 1.54) is 16.4 Å². The number of aliphatic hydroxyl groups is 1. The molecule has 2 aliphatic heterocycles. The van der Waals surface area contributed by atoms with E-state index in [0.29, 0.717) is 68.2 Å². The normalized spacial score (nSPS) is 18.4. The summed E-state index contributed by atoms with van der Waals surface area (Å²) in [5.74, 6) is 0.401. The lowest BCUT2D eigenvalue weighted by atomic mass is 9.97. The van der Waals surface area contributed by atoms with Gasteiger partial charge in [-0.15, -0.1) is 0 Å². The molecule has 11 nitrogen and oxygen atoms in total. The quantitative estimate of drug-likeness (QED) is 0.275. The van der Waals surface area contributed by atoms with Crippen LogP contribution in [-0.2, 0) is 52.3 Å². The van der Waals surface area contributed by atoms with Crippen molar-refractivity contribution in [3.8, 4) is 11.3 Å². The van der Waals surface area contributed by atoms with Gasteiger partial charge in [-0.3, -0.25) is 4.68 Å². The van der Waals surface area contributed by atoms with Gasteiger partial charge in [0.25, 0.3) is 0 Å². The zero-order chi connectivity index (χ0) is 33.2. The molecule has 3 heterocycles. The van der Waals surface area contributed by atoms with E-state index >= 15 is 0 Å². The molecular weight excluding hydrogens is 633 g/mol. The van der Waals surface area contributed by atoms with E-state index in [1.54, 1.807) is 4.68 Å². The number of hydrogen-bond donors (Lipinski definition) is 3. The van der Waals surface area contributed by atoms with Crippen LogP contribution >= 0.6 is 0 Å². The number of rotatable bonds is 13. The van der Waals surface area contributed by atoms with Crippen LogP contribution in [0.3, 0.4) is 0 Å². The minimum absolute atomic E-state index is 0.0167. The third-order valence-electron chi connectivity index (χ3n) is 8.29. The average Bonchev–Trinajstić information content (AvgIpc) is 3.27. The number of likely N-dealkylation sites (tertiary alicyclic amines) is 1. The van der Waals surface area contributed by atoms with E-state index in [9.17, 15) is 35.1 Å². The van der Waals surface area contributed by atoms with Gasteiger partial charge < -0.3 is 15.3 Å². The number of fused-ring (bicyclic) bond motifs is 1. The van der Waals surface area contributed by atoms with Gasteiger partial charge in [0.1, 0.15) is 0 Å². The Kier molecular flexibility index (Phi) is 11.4. The summed E-state index contributed by atoms with van der Waals surface area (Å²) in [5, 5.41) is 18.9. The third kappa shape index (κ3) is 9.95. The van der Waals surface area contributed by atoms with E-state index < -0.39 is 37.9 Å². The fraction of sp³-hybridized carbons (Fsp3) is 0.690. The van der Waals surface area contributed by atoms with Crippen molar-refractivity contribution >= 4 is 20.0 Å². The summed E-state index contributed by atoms with van der Waals surface area (Å²) >= 11 is 0. The number of piperidine rings is 1. The van der Waals surface area contributed by atoms with Crippen molar-refractivity contribution in [1.29, 1.82) is 0 Å². The maximum absolute atomic E-state index is 13.9. The predicted molar refractivity (Wildman–Crippen MR) is 166 cm³/mol. The van der Waals surface area contributed by atoms with Crippen molar-refractivity contribution < 1.29 is 35.1 Å². The first-order valence-corrected chi connectivity index (χ1v) is 19.0. The fourth-order valence-electron chi connectivity index (χ4n) is 6.00. The molecule has 0 radical (unpaired) electrons. The highest BCUT2D eigenvalue weighted by Gasteiger charge is 2.35. The molecular formula is C29H45F3N6O5S2. The Hall–Kier alpha value is -2.08. The monoisotopic (exact) mass is 678 g/mol. The molecule has 1 fully saturated rings. The molecule has 0 saturated carbocycles. The lowest BCUT2D eigenvalue weighted by Crippen LogP contribution is -2.46. The van der Waals surface area contributed by atoms with Crippen molar-refractivity contribution in [2.45, 2.75) is 77.5 Å². The maximum atomic E-state index is 13.9. The number of alkyl halides is 3. The van der Waals surface area contributed by atoms with Gasteiger partial charge in [-0.25, -0.2) is 21.6 Å². The Morgan fingerprint density at radius 1 is 1.07 bits per heavy atom. The first-order valence-electron chi connectivity index (χ1n) is 15.2. The Labute approximate surface area is 264 Å². The molecule has 1 aromatic carbocycles. The molecule has 1 saturated heterocycles. The van der Waals surface area contributed by atoms with Gasteiger partial charge in [0, 0.05) is 55.5 Å². The Morgan fingerprint density at radius 2 is 1.76 bits per heavy atom. The first kappa shape index (κ1) is 35.8.